The molecule has 1 aliphatic rings. The summed E-state index contributed by atoms with van der Waals surface area (Å²) in [5, 5.41) is 3.84. The molecule has 0 aliphatic heterocycles. The summed E-state index contributed by atoms with van der Waals surface area (Å²) in [6, 6.07) is 16.8. The predicted molar refractivity (Wildman–Crippen MR) is 143 cm³/mol. The molecule has 0 amide bonds. The molecule has 2 aromatic carbocycles. The van der Waals surface area contributed by atoms with Crippen LogP contribution in [0.25, 0.3) is 11.1 Å². The number of anilines is 1. The molecule has 5 rings (SSSR count). The van der Waals surface area contributed by atoms with Crippen molar-refractivity contribution in [2.75, 3.05) is 4.72 Å². The standard InChI is InChI=1S/C29H31N3O4S/c1-4-23-17-27(25-10-5-7-11-26(25)30-23)35-18-21-13-15-22(16-14-21)24-9-6-8-12-28(24)37(33,34)32-29-19(2)20(3)31-36-29/h6,8-9,12-17,32H,4-5,7,10-11,18H2,1-3H3. The Labute approximate surface area is 217 Å². The van der Waals surface area contributed by atoms with Gasteiger partial charge in [-0.3, -0.25) is 4.98 Å². The highest BCUT2D eigenvalue weighted by Gasteiger charge is 2.23. The highest BCUT2D eigenvalue weighted by Crippen LogP contribution is 2.32. The molecule has 0 saturated carbocycles. The zero-order valence-corrected chi connectivity index (χ0v) is 22.2. The highest BCUT2D eigenvalue weighted by molar-refractivity contribution is 7.92. The molecule has 0 bridgehead atoms. The van der Waals surface area contributed by atoms with E-state index >= 15 is 0 Å². The molecule has 37 heavy (non-hydrogen) atoms. The molecule has 4 aromatic rings. The molecule has 0 fully saturated rings. The van der Waals surface area contributed by atoms with Crippen molar-refractivity contribution >= 4 is 15.9 Å². The van der Waals surface area contributed by atoms with Crippen LogP contribution in [0.15, 0.2) is 64.0 Å². The third-order valence-electron chi connectivity index (χ3n) is 6.89. The van der Waals surface area contributed by atoms with E-state index < -0.39 is 10.0 Å². The van der Waals surface area contributed by atoms with Crippen LogP contribution in [-0.2, 0) is 35.9 Å². The third-order valence-corrected chi connectivity index (χ3v) is 8.28. The fourth-order valence-corrected chi connectivity index (χ4v) is 5.88. The smallest absolute Gasteiger partial charge is 0.264 e. The van der Waals surface area contributed by atoms with Gasteiger partial charge in [0.15, 0.2) is 0 Å². The molecule has 8 heteroatoms. The fraction of sp³-hybridized carbons (Fsp3) is 0.310. The molecule has 1 N–H and O–H groups in total. The van der Waals surface area contributed by atoms with Crippen molar-refractivity contribution in [2.45, 2.75) is 64.4 Å². The third kappa shape index (κ3) is 5.25. The van der Waals surface area contributed by atoms with Crippen LogP contribution in [0.5, 0.6) is 5.75 Å². The van der Waals surface area contributed by atoms with Gasteiger partial charge in [0.2, 0.25) is 5.88 Å². The molecule has 1 aliphatic carbocycles. The average Bonchev–Trinajstić information content (AvgIpc) is 3.23. The van der Waals surface area contributed by atoms with Crippen LogP contribution >= 0.6 is 0 Å². The molecule has 0 spiro atoms. The lowest BCUT2D eigenvalue weighted by atomic mass is 9.94. The quantitative estimate of drug-likeness (QED) is 0.300. The summed E-state index contributed by atoms with van der Waals surface area (Å²) in [5.74, 6) is 1.07. The molecule has 0 atom stereocenters. The summed E-state index contributed by atoms with van der Waals surface area (Å²) in [6.45, 7) is 6.08. The molecular formula is C29H31N3O4S. The zero-order chi connectivity index (χ0) is 26.0. The highest BCUT2D eigenvalue weighted by atomic mass is 32.2. The van der Waals surface area contributed by atoms with Gasteiger partial charge in [-0.15, -0.1) is 0 Å². The summed E-state index contributed by atoms with van der Waals surface area (Å²) >= 11 is 0. The summed E-state index contributed by atoms with van der Waals surface area (Å²) < 4.78 is 40.4. The van der Waals surface area contributed by atoms with Crippen molar-refractivity contribution < 1.29 is 17.7 Å². The number of nitrogens with one attached hydrogen (secondary N) is 1. The number of pyridine rings is 1. The van der Waals surface area contributed by atoms with Crippen LogP contribution in [0.4, 0.5) is 5.88 Å². The first-order valence-corrected chi connectivity index (χ1v) is 14.1. The number of ether oxygens (including phenoxy) is 1. The number of hydrogen-bond acceptors (Lipinski definition) is 6. The number of aryl methyl sites for hydroxylation is 3. The van der Waals surface area contributed by atoms with Gasteiger partial charge in [-0.1, -0.05) is 54.5 Å². The Balaban J connectivity index is 1.36. The van der Waals surface area contributed by atoms with E-state index in [0.29, 0.717) is 23.4 Å². The van der Waals surface area contributed by atoms with Crippen LogP contribution < -0.4 is 9.46 Å². The van der Waals surface area contributed by atoms with E-state index in [1.165, 1.54) is 17.7 Å². The van der Waals surface area contributed by atoms with Gasteiger partial charge in [-0.25, -0.2) is 13.1 Å². The van der Waals surface area contributed by atoms with Crippen LogP contribution in [-0.4, -0.2) is 18.6 Å². The Hall–Kier alpha value is -3.65. The maximum Gasteiger partial charge on any atom is 0.264 e. The van der Waals surface area contributed by atoms with E-state index in [1.54, 1.807) is 32.0 Å². The minimum Gasteiger partial charge on any atom is -0.488 e. The van der Waals surface area contributed by atoms with Gasteiger partial charge in [-0.05, 0) is 63.1 Å². The van der Waals surface area contributed by atoms with Crippen LogP contribution in [0.3, 0.4) is 0 Å². The van der Waals surface area contributed by atoms with Crippen molar-refractivity contribution in [1.29, 1.82) is 0 Å². The van der Waals surface area contributed by atoms with Crippen molar-refractivity contribution in [3.8, 4) is 16.9 Å². The van der Waals surface area contributed by atoms with Crippen molar-refractivity contribution in [1.82, 2.24) is 10.1 Å². The number of fused-ring (bicyclic) bond motifs is 1. The fourth-order valence-electron chi connectivity index (χ4n) is 4.60. The van der Waals surface area contributed by atoms with E-state index in [0.717, 1.165) is 48.3 Å². The first kappa shape index (κ1) is 25.0. The first-order chi connectivity index (χ1) is 17.9. The number of nitrogens with zero attached hydrogens (tertiary/aromatic N) is 2. The van der Waals surface area contributed by atoms with E-state index in [9.17, 15) is 8.42 Å². The zero-order valence-electron chi connectivity index (χ0n) is 21.4. The Morgan fingerprint density at radius 2 is 1.78 bits per heavy atom. The van der Waals surface area contributed by atoms with Gasteiger partial charge in [0.25, 0.3) is 10.0 Å². The van der Waals surface area contributed by atoms with Gasteiger partial charge in [0.1, 0.15) is 12.4 Å². The summed E-state index contributed by atoms with van der Waals surface area (Å²) in [4.78, 5) is 4.98. The number of rotatable bonds is 8. The predicted octanol–water partition coefficient (Wildman–Crippen LogP) is 6.17. The molecular weight excluding hydrogens is 486 g/mol. The van der Waals surface area contributed by atoms with Crippen molar-refractivity contribution in [3.05, 3.63) is 88.4 Å². The molecule has 192 valence electrons. The van der Waals surface area contributed by atoms with Crippen molar-refractivity contribution in [2.24, 2.45) is 0 Å². The van der Waals surface area contributed by atoms with Crippen molar-refractivity contribution in [3.63, 3.8) is 0 Å². The Kier molecular flexibility index (Phi) is 7.02. The van der Waals surface area contributed by atoms with Gasteiger partial charge in [0, 0.05) is 34.1 Å². The minimum atomic E-state index is -3.89. The molecule has 0 saturated heterocycles. The number of sulfonamides is 1. The molecule has 7 nitrogen and oxygen atoms in total. The molecule has 2 aromatic heterocycles. The number of aromatic nitrogens is 2. The Morgan fingerprint density at radius 3 is 2.51 bits per heavy atom. The van der Waals surface area contributed by atoms with Crippen LogP contribution in [0.2, 0.25) is 0 Å². The number of benzene rings is 2. The van der Waals surface area contributed by atoms with Gasteiger partial charge >= 0.3 is 0 Å². The normalized spacial score (nSPS) is 13.3. The van der Waals surface area contributed by atoms with Gasteiger partial charge in [0.05, 0.1) is 10.6 Å². The molecule has 0 unspecified atom stereocenters. The monoisotopic (exact) mass is 517 g/mol. The van der Waals surface area contributed by atoms with Crippen LogP contribution in [0.1, 0.15) is 53.5 Å². The Bertz CT molecular complexity index is 1530. The van der Waals surface area contributed by atoms with E-state index in [4.69, 9.17) is 14.2 Å². The lowest BCUT2D eigenvalue weighted by Crippen LogP contribution is -2.14. The maximum atomic E-state index is 13.2. The summed E-state index contributed by atoms with van der Waals surface area (Å²) in [6.07, 6.45) is 5.25. The lowest BCUT2D eigenvalue weighted by molar-refractivity contribution is 0.300. The Morgan fingerprint density at radius 1 is 1.03 bits per heavy atom. The largest absolute Gasteiger partial charge is 0.488 e. The van der Waals surface area contributed by atoms with E-state index in [2.05, 4.69) is 22.9 Å². The topological polar surface area (TPSA) is 94.3 Å². The molecule has 0 radical (unpaired) electrons. The average molecular weight is 518 g/mol. The first-order valence-electron chi connectivity index (χ1n) is 12.6. The lowest BCUT2D eigenvalue weighted by Gasteiger charge is -2.20. The second kappa shape index (κ2) is 10.4. The second-order valence-electron chi connectivity index (χ2n) is 9.41. The second-order valence-corrected chi connectivity index (χ2v) is 11.1. The summed E-state index contributed by atoms with van der Waals surface area (Å²) in [5.41, 5.74) is 7.19. The number of hydrogen-bond donors (Lipinski definition) is 1. The van der Waals surface area contributed by atoms with E-state index in [-0.39, 0.29) is 10.8 Å². The van der Waals surface area contributed by atoms with Gasteiger partial charge in [-0.2, -0.15) is 0 Å². The molecule has 2 heterocycles. The maximum absolute atomic E-state index is 13.2. The van der Waals surface area contributed by atoms with Crippen LogP contribution in [0, 0.1) is 13.8 Å². The SMILES string of the molecule is CCc1cc(OCc2ccc(-c3ccccc3S(=O)(=O)Nc3onc(C)c3C)cc2)c2c(n1)CCCC2. The van der Waals surface area contributed by atoms with E-state index in [1.807, 2.05) is 30.3 Å². The van der Waals surface area contributed by atoms with Gasteiger partial charge < -0.3 is 9.26 Å². The summed E-state index contributed by atoms with van der Waals surface area (Å²) in [7, 11) is -3.89. The minimum absolute atomic E-state index is 0.129.